The second-order valence-electron chi connectivity index (χ2n) is 9.09. The maximum Gasteiger partial charge on any atom is 0.253 e. The monoisotopic (exact) mass is 442 g/mol. The Labute approximate surface area is 194 Å². The normalized spacial score (nSPS) is 22.0. The van der Waals surface area contributed by atoms with Crippen molar-refractivity contribution in [3.63, 3.8) is 0 Å². The minimum atomic E-state index is -0.205. The van der Waals surface area contributed by atoms with Crippen molar-refractivity contribution in [2.45, 2.75) is 37.3 Å². The number of carbonyl (C=O) groups excluding carboxylic acids is 1. The number of rotatable bonds is 6. The number of pyridine rings is 1. The second-order valence-corrected chi connectivity index (χ2v) is 9.09. The Morgan fingerprint density at radius 3 is 2.70 bits per heavy atom. The van der Waals surface area contributed by atoms with Gasteiger partial charge in [0.25, 0.3) is 11.5 Å². The van der Waals surface area contributed by atoms with Gasteiger partial charge in [0.1, 0.15) is 0 Å². The molecule has 0 saturated carbocycles. The average Bonchev–Trinajstić information content (AvgIpc) is 3.42. The molecule has 0 bridgehead atoms. The number of hydrogen-bond donors (Lipinski definition) is 3. The molecule has 6 nitrogen and oxygen atoms in total. The van der Waals surface area contributed by atoms with Crippen LogP contribution in [-0.4, -0.2) is 42.0 Å². The molecule has 3 aromatic rings. The summed E-state index contributed by atoms with van der Waals surface area (Å²) in [5.74, 6) is -0.115. The van der Waals surface area contributed by atoms with E-state index in [9.17, 15) is 9.59 Å². The van der Waals surface area contributed by atoms with Gasteiger partial charge in [-0.2, -0.15) is 0 Å². The van der Waals surface area contributed by atoms with Gasteiger partial charge in [0.15, 0.2) is 0 Å². The fourth-order valence-electron chi connectivity index (χ4n) is 5.29. The van der Waals surface area contributed by atoms with Crippen LogP contribution in [0, 0.1) is 0 Å². The van der Waals surface area contributed by atoms with Crippen LogP contribution in [0.1, 0.15) is 58.3 Å². The van der Waals surface area contributed by atoms with Gasteiger partial charge in [0.2, 0.25) is 0 Å². The fraction of sp³-hybridized carbons (Fsp3) is 0.333. The SMILES string of the molecule is CN1CCCC1CCNC(=O)c1ccc2c(c1)C(c1ccccc1)C(c1ccc[nH]c1=O)N2. The van der Waals surface area contributed by atoms with E-state index in [2.05, 4.69) is 39.7 Å². The zero-order valence-corrected chi connectivity index (χ0v) is 18.9. The molecule has 1 fully saturated rings. The second kappa shape index (κ2) is 9.24. The van der Waals surface area contributed by atoms with Gasteiger partial charge >= 0.3 is 0 Å². The standard InChI is InChI=1S/C27H30N4O2/c1-31-16-6-9-20(31)13-15-29-26(32)19-11-12-23-22(17-19)24(18-7-3-2-4-8-18)25(30-23)21-10-5-14-28-27(21)33/h2-5,7-8,10-12,14,17,20,24-25,30H,6,9,13,15-16H2,1H3,(H,28,33)(H,29,32). The lowest BCUT2D eigenvalue weighted by molar-refractivity contribution is 0.0950. The van der Waals surface area contributed by atoms with E-state index in [1.165, 1.54) is 12.8 Å². The van der Waals surface area contributed by atoms with E-state index in [4.69, 9.17) is 0 Å². The number of fused-ring (bicyclic) bond motifs is 1. The lowest BCUT2D eigenvalue weighted by Crippen LogP contribution is -2.31. The van der Waals surface area contributed by atoms with Crippen molar-refractivity contribution in [3.05, 3.63) is 99.5 Å². The van der Waals surface area contributed by atoms with E-state index in [0.717, 1.165) is 29.8 Å². The summed E-state index contributed by atoms with van der Waals surface area (Å²) in [5, 5.41) is 6.64. The van der Waals surface area contributed by atoms with Gasteiger partial charge in [-0.05, 0) is 74.3 Å². The van der Waals surface area contributed by atoms with E-state index in [0.29, 0.717) is 23.7 Å². The average molecular weight is 443 g/mol. The number of amides is 1. The van der Waals surface area contributed by atoms with Gasteiger partial charge in [-0.15, -0.1) is 0 Å². The van der Waals surface area contributed by atoms with Crippen molar-refractivity contribution in [3.8, 4) is 0 Å². The molecular formula is C27H30N4O2. The number of aromatic nitrogens is 1. The van der Waals surface area contributed by atoms with Crippen LogP contribution in [-0.2, 0) is 0 Å². The Hall–Kier alpha value is -3.38. The molecule has 2 aliphatic rings. The molecule has 170 valence electrons. The number of benzene rings is 2. The molecule has 1 saturated heterocycles. The first-order chi connectivity index (χ1) is 16.1. The summed E-state index contributed by atoms with van der Waals surface area (Å²) in [6, 6.07) is 20.0. The Morgan fingerprint density at radius 1 is 1.09 bits per heavy atom. The van der Waals surface area contributed by atoms with Crippen molar-refractivity contribution >= 4 is 11.6 Å². The van der Waals surface area contributed by atoms with Gasteiger partial charge in [0.05, 0.1) is 6.04 Å². The summed E-state index contributed by atoms with van der Waals surface area (Å²) in [5.41, 5.74) is 4.35. The highest BCUT2D eigenvalue weighted by atomic mass is 16.1. The number of anilines is 1. The minimum absolute atomic E-state index is 0.0497. The van der Waals surface area contributed by atoms with Gasteiger partial charge in [-0.3, -0.25) is 9.59 Å². The molecule has 3 unspecified atom stereocenters. The summed E-state index contributed by atoms with van der Waals surface area (Å²) >= 11 is 0. The van der Waals surface area contributed by atoms with Crippen molar-refractivity contribution in [1.29, 1.82) is 0 Å². The third-order valence-electron chi connectivity index (χ3n) is 7.07. The van der Waals surface area contributed by atoms with Crippen LogP contribution in [0.2, 0.25) is 0 Å². The topological polar surface area (TPSA) is 77.2 Å². The van der Waals surface area contributed by atoms with Gasteiger partial charge in [0, 0.05) is 41.5 Å². The predicted octanol–water partition coefficient (Wildman–Crippen LogP) is 3.89. The number of hydrogen-bond acceptors (Lipinski definition) is 4. The molecule has 6 heteroatoms. The van der Waals surface area contributed by atoms with Crippen LogP contribution in [0.15, 0.2) is 71.7 Å². The number of aromatic amines is 1. The fourth-order valence-corrected chi connectivity index (χ4v) is 5.29. The molecule has 3 atom stereocenters. The van der Waals surface area contributed by atoms with Crippen molar-refractivity contribution < 1.29 is 4.79 Å². The maximum atomic E-state index is 12.9. The Balaban J connectivity index is 1.40. The van der Waals surface area contributed by atoms with Crippen LogP contribution >= 0.6 is 0 Å². The Kier molecular flexibility index (Phi) is 6.01. The molecule has 5 rings (SSSR count). The molecule has 2 aromatic carbocycles. The summed E-state index contributed by atoms with van der Waals surface area (Å²) < 4.78 is 0. The van der Waals surface area contributed by atoms with E-state index in [-0.39, 0.29) is 23.4 Å². The van der Waals surface area contributed by atoms with Gasteiger partial charge < -0.3 is 20.5 Å². The van der Waals surface area contributed by atoms with Gasteiger partial charge in [-0.1, -0.05) is 30.3 Å². The van der Waals surface area contributed by atoms with E-state index >= 15 is 0 Å². The summed E-state index contributed by atoms with van der Waals surface area (Å²) in [4.78, 5) is 30.7. The largest absolute Gasteiger partial charge is 0.377 e. The third kappa shape index (κ3) is 4.31. The van der Waals surface area contributed by atoms with E-state index in [1.54, 1.807) is 6.20 Å². The maximum absolute atomic E-state index is 12.9. The first-order valence-electron chi connectivity index (χ1n) is 11.7. The molecule has 33 heavy (non-hydrogen) atoms. The molecule has 2 aliphatic heterocycles. The molecular weight excluding hydrogens is 412 g/mol. The lowest BCUT2D eigenvalue weighted by atomic mass is 9.84. The van der Waals surface area contributed by atoms with E-state index in [1.807, 2.05) is 48.5 Å². The molecule has 0 radical (unpaired) electrons. The van der Waals surface area contributed by atoms with Crippen molar-refractivity contribution in [1.82, 2.24) is 15.2 Å². The summed E-state index contributed by atoms with van der Waals surface area (Å²) in [6.07, 6.45) is 5.06. The van der Waals surface area contributed by atoms with Crippen molar-refractivity contribution in [2.24, 2.45) is 0 Å². The molecule has 1 aromatic heterocycles. The zero-order chi connectivity index (χ0) is 22.8. The van der Waals surface area contributed by atoms with Crippen LogP contribution in [0.5, 0.6) is 0 Å². The first-order valence-corrected chi connectivity index (χ1v) is 11.7. The van der Waals surface area contributed by atoms with Crippen LogP contribution in [0.3, 0.4) is 0 Å². The van der Waals surface area contributed by atoms with Crippen LogP contribution < -0.4 is 16.2 Å². The smallest absolute Gasteiger partial charge is 0.253 e. The minimum Gasteiger partial charge on any atom is -0.377 e. The van der Waals surface area contributed by atoms with Gasteiger partial charge in [-0.25, -0.2) is 0 Å². The summed E-state index contributed by atoms with van der Waals surface area (Å²) in [6.45, 7) is 1.82. The molecule has 3 N–H and O–H groups in total. The summed E-state index contributed by atoms with van der Waals surface area (Å²) in [7, 11) is 2.16. The highest BCUT2D eigenvalue weighted by molar-refractivity contribution is 5.95. The van der Waals surface area contributed by atoms with E-state index < -0.39 is 0 Å². The molecule has 3 heterocycles. The predicted molar refractivity (Wildman–Crippen MR) is 131 cm³/mol. The van der Waals surface area contributed by atoms with Crippen LogP contribution in [0.4, 0.5) is 5.69 Å². The van der Waals surface area contributed by atoms with Crippen LogP contribution in [0.25, 0.3) is 0 Å². The Bertz CT molecular complexity index is 1190. The highest BCUT2D eigenvalue weighted by Gasteiger charge is 2.36. The molecule has 0 aliphatic carbocycles. The highest BCUT2D eigenvalue weighted by Crippen LogP contribution is 2.47. The number of nitrogens with zero attached hydrogens (tertiary/aromatic N) is 1. The number of likely N-dealkylation sites (tertiary alicyclic amines) is 1. The number of H-pyrrole nitrogens is 1. The molecule has 1 amide bonds. The number of carbonyl (C=O) groups is 1. The van der Waals surface area contributed by atoms with Crippen molar-refractivity contribution in [2.75, 3.05) is 25.5 Å². The Morgan fingerprint density at radius 2 is 1.94 bits per heavy atom. The molecule has 0 spiro atoms. The zero-order valence-electron chi connectivity index (χ0n) is 18.9. The third-order valence-corrected chi connectivity index (χ3v) is 7.07. The quantitative estimate of drug-likeness (QED) is 0.541. The lowest BCUT2D eigenvalue weighted by Gasteiger charge is -2.21. The number of nitrogens with one attached hydrogen (secondary N) is 3. The first kappa shape index (κ1) is 21.5.